The lowest BCUT2D eigenvalue weighted by Gasteiger charge is -2.18. The molecule has 0 aliphatic rings. The number of nitrogens with two attached hydrogens (primary N) is 1. The number of ether oxygens (including phenoxy) is 1. The summed E-state index contributed by atoms with van der Waals surface area (Å²) in [6.45, 7) is 0.491. The fourth-order valence-corrected chi connectivity index (χ4v) is 1.90. The topological polar surface area (TPSA) is 64.4 Å². The van der Waals surface area contributed by atoms with E-state index in [1.807, 2.05) is 0 Å². The van der Waals surface area contributed by atoms with Crippen LogP contribution in [0, 0.1) is 5.82 Å². The molecule has 1 unspecified atom stereocenters. The molecule has 5 heteroatoms. The molecular formula is C13H19FN2O2. The molecule has 0 spiro atoms. The van der Waals surface area contributed by atoms with Gasteiger partial charge in [-0.2, -0.15) is 0 Å². The Morgan fingerprint density at radius 1 is 1.56 bits per heavy atom. The Bertz CT molecular complexity index is 410. The predicted molar refractivity (Wildman–Crippen MR) is 68.0 cm³/mol. The minimum absolute atomic E-state index is 0.160. The van der Waals surface area contributed by atoms with Gasteiger partial charge in [0.05, 0.1) is 13.0 Å². The highest BCUT2D eigenvalue weighted by Crippen LogP contribution is 2.30. The number of halogens is 1. The number of benzene rings is 1. The quantitative estimate of drug-likeness (QED) is 0.806. The summed E-state index contributed by atoms with van der Waals surface area (Å²) in [5.74, 6) is -0.467. The largest absolute Gasteiger partial charge is 0.496 e. The molecule has 0 heterocycles. The maximum atomic E-state index is 13.3. The second-order valence-electron chi connectivity index (χ2n) is 3.98. The number of rotatable bonds is 6. The Morgan fingerprint density at radius 3 is 2.83 bits per heavy atom. The number of likely N-dealkylation sites (N-methyl/N-ethyl adjacent to an activating group) is 1. The van der Waals surface area contributed by atoms with Gasteiger partial charge in [0, 0.05) is 12.6 Å². The van der Waals surface area contributed by atoms with Crippen LogP contribution in [-0.4, -0.2) is 26.6 Å². The van der Waals surface area contributed by atoms with E-state index < -0.39 is 5.92 Å². The van der Waals surface area contributed by atoms with Gasteiger partial charge in [0.2, 0.25) is 5.91 Å². The second-order valence-corrected chi connectivity index (χ2v) is 3.98. The number of methoxy groups -OCH3 is 1. The highest BCUT2D eigenvalue weighted by atomic mass is 19.1. The van der Waals surface area contributed by atoms with Crippen molar-refractivity contribution in [3.8, 4) is 5.75 Å². The molecule has 1 atom stereocenters. The molecule has 0 fully saturated rings. The average Bonchev–Trinajstić information content (AvgIpc) is 2.39. The summed E-state index contributed by atoms with van der Waals surface area (Å²) >= 11 is 0. The van der Waals surface area contributed by atoms with Gasteiger partial charge in [0.15, 0.2) is 0 Å². The van der Waals surface area contributed by atoms with Gasteiger partial charge in [-0.1, -0.05) is 0 Å². The molecular weight excluding hydrogens is 235 g/mol. The Kier molecular flexibility index (Phi) is 5.58. The maximum Gasteiger partial charge on any atom is 0.227 e. The molecule has 4 nitrogen and oxygen atoms in total. The van der Waals surface area contributed by atoms with Crippen LogP contribution in [0.4, 0.5) is 4.39 Å². The first-order valence-electron chi connectivity index (χ1n) is 5.89. The Hall–Kier alpha value is -1.62. The van der Waals surface area contributed by atoms with E-state index in [4.69, 9.17) is 10.5 Å². The zero-order valence-corrected chi connectivity index (χ0v) is 10.7. The van der Waals surface area contributed by atoms with Gasteiger partial charge in [-0.15, -0.1) is 0 Å². The molecule has 0 aromatic heterocycles. The first kappa shape index (κ1) is 14.4. The number of amides is 1. The Morgan fingerprint density at radius 2 is 2.28 bits per heavy atom. The summed E-state index contributed by atoms with van der Waals surface area (Å²) in [5, 5.41) is 2.59. The third-order valence-corrected chi connectivity index (χ3v) is 2.83. The number of carbonyl (C=O) groups is 1. The minimum Gasteiger partial charge on any atom is -0.496 e. The highest BCUT2D eigenvalue weighted by molar-refractivity contribution is 5.84. The molecule has 0 bridgehead atoms. The minimum atomic E-state index is -0.441. The molecule has 0 saturated heterocycles. The molecule has 0 saturated carbocycles. The molecule has 1 amide bonds. The third kappa shape index (κ3) is 3.43. The third-order valence-electron chi connectivity index (χ3n) is 2.83. The van der Waals surface area contributed by atoms with Gasteiger partial charge >= 0.3 is 0 Å². The summed E-state index contributed by atoms with van der Waals surface area (Å²) in [6.07, 6.45) is 1.26. The summed E-state index contributed by atoms with van der Waals surface area (Å²) in [4.78, 5) is 11.9. The fourth-order valence-electron chi connectivity index (χ4n) is 1.90. The van der Waals surface area contributed by atoms with Gasteiger partial charge < -0.3 is 15.8 Å². The number of hydrogen-bond acceptors (Lipinski definition) is 3. The summed E-state index contributed by atoms with van der Waals surface area (Å²) < 4.78 is 18.5. The molecule has 1 aromatic carbocycles. The van der Waals surface area contributed by atoms with Crippen molar-refractivity contribution in [1.82, 2.24) is 5.32 Å². The van der Waals surface area contributed by atoms with Crippen molar-refractivity contribution < 1.29 is 13.9 Å². The normalized spacial score (nSPS) is 12.0. The summed E-state index contributed by atoms with van der Waals surface area (Å²) in [5.41, 5.74) is 6.02. The number of nitrogens with one attached hydrogen (secondary N) is 1. The van der Waals surface area contributed by atoms with Crippen molar-refractivity contribution in [1.29, 1.82) is 0 Å². The van der Waals surface area contributed by atoms with E-state index in [0.717, 1.165) is 0 Å². The molecule has 1 aromatic rings. The van der Waals surface area contributed by atoms with Crippen LogP contribution in [0.3, 0.4) is 0 Å². The van der Waals surface area contributed by atoms with E-state index in [1.54, 1.807) is 7.05 Å². The molecule has 3 N–H and O–H groups in total. The van der Waals surface area contributed by atoms with Crippen LogP contribution >= 0.6 is 0 Å². The number of hydrogen-bond donors (Lipinski definition) is 2. The van der Waals surface area contributed by atoms with Crippen LogP contribution in [0.2, 0.25) is 0 Å². The molecule has 100 valence electrons. The molecule has 1 rings (SSSR count). The standard InChI is InChI=1S/C13H19FN2O2/c1-16-13(17)10(4-3-7-15)11-8-9(14)5-6-12(11)18-2/h5-6,8,10H,3-4,7,15H2,1-2H3,(H,16,17). The van der Waals surface area contributed by atoms with Gasteiger partial charge in [0.25, 0.3) is 0 Å². The first-order valence-corrected chi connectivity index (χ1v) is 5.89. The zero-order valence-electron chi connectivity index (χ0n) is 10.7. The van der Waals surface area contributed by atoms with Gasteiger partial charge in [-0.3, -0.25) is 4.79 Å². The van der Waals surface area contributed by atoms with Crippen LogP contribution in [0.25, 0.3) is 0 Å². The van der Waals surface area contributed by atoms with Crippen molar-refractivity contribution in [2.24, 2.45) is 5.73 Å². The van der Waals surface area contributed by atoms with E-state index in [0.29, 0.717) is 30.7 Å². The first-order chi connectivity index (χ1) is 8.63. The lowest BCUT2D eigenvalue weighted by Crippen LogP contribution is -2.26. The summed E-state index contributed by atoms with van der Waals surface area (Å²) in [7, 11) is 3.06. The van der Waals surface area contributed by atoms with Gasteiger partial charge in [-0.25, -0.2) is 4.39 Å². The van der Waals surface area contributed by atoms with Crippen molar-refractivity contribution in [2.45, 2.75) is 18.8 Å². The zero-order chi connectivity index (χ0) is 13.5. The number of carbonyl (C=O) groups excluding carboxylic acids is 1. The lowest BCUT2D eigenvalue weighted by molar-refractivity contribution is -0.122. The molecule has 18 heavy (non-hydrogen) atoms. The van der Waals surface area contributed by atoms with E-state index in [2.05, 4.69) is 5.32 Å². The summed E-state index contributed by atoms with van der Waals surface area (Å²) in [6, 6.07) is 4.19. The van der Waals surface area contributed by atoms with Gasteiger partial charge in [0.1, 0.15) is 11.6 Å². The van der Waals surface area contributed by atoms with Crippen molar-refractivity contribution in [3.63, 3.8) is 0 Å². The molecule has 0 radical (unpaired) electrons. The van der Waals surface area contributed by atoms with Crippen LogP contribution in [0.5, 0.6) is 5.75 Å². The van der Waals surface area contributed by atoms with E-state index in [9.17, 15) is 9.18 Å². The van der Waals surface area contributed by atoms with E-state index >= 15 is 0 Å². The van der Waals surface area contributed by atoms with Crippen LogP contribution in [0.15, 0.2) is 18.2 Å². The van der Waals surface area contributed by atoms with Gasteiger partial charge in [-0.05, 0) is 37.6 Å². The Labute approximate surface area is 106 Å². The van der Waals surface area contributed by atoms with Crippen LogP contribution in [0.1, 0.15) is 24.3 Å². The Balaban J connectivity index is 3.10. The lowest BCUT2D eigenvalue weighted by atomic mass is 9.92. The predicted octanol–water partition coefficient (Wildman–Crippen LogP) is 1.40. The smallest absolute Gasteiger partial charge is 0.227 e. The SMILES string of the molecule is CNC(=O)C(CCCN)c1cc(F)ccc1OC. The highest BCUT2D eigenvalue weighted by Gasteiger charge is 2.23. The monoisotopic (exact) mass is 254 g/mol. The molecule has 0 aliphatic carbocycles. The fraction of sp³-hybridized carbons (Fsp3) is 0.462. The maximum absolute atomic E-state index is 13.3. The van der Waals surface area contributed by atoms with E-state index in [1.165, 1.54) is 25.3 Å². The van der Waals surface area contributed by atoms with Crippen molar-refractivity contribution in [2.75, 3.05) is 20.7 Å². The van der Waals surface area contributed by atoms with Crippen LogP contribution < -0.4 is 15.8 Å². The van der Waals surface area contributed by atoms with Crippen LogP contribution in [-0.2, 0) is 4.79 Å². The van der Waals surface area contributed by atoms with E-state index in [-0.39, 0.29) is 11.7 Å². The second kappa shape index (κ2) is 6.96. The van der Waals surface area contributed by atoms with Crippen molar-refractivity contribution >= 4 is 5.91 Å². The average molecular weight is 254 g/mol. The molecule has 0 aliphatic heterocycles. The van der Waals surface area contributed by atoms with Crippen molar-refractivity contribution in [3.05, 3.63) is 29.6 Å².